The lowest BCUT2D eigenvalue weighted by Gasteiger charge is -2.04. The topological polar surface area (TPSA) is 80.6 Å². The molecule has 8 heteroatoms. The van der Waals surface area contributed by atoms with E-state index in [1.54, 1.807) is 6.07 Å². The molecule has 0 radical (unpaired) electrons. The zero-order valence-electron chi connectivity index (χ0n) is 22.0. The summed E-state index contributed by atoms with van der Waals surface area (Å²) in [6.45, 7) is 2.90. The first-order valence-corrected chi connectivity index (χ1v) is 13.6. The van der Waals surface area contributed by atoms with Gasteiger partial charge in [-0.15, -0.1) is 0 Å². The molecule has 0 atom stereocenters. The average Bonchev–Trinajstić information content (AvgIpc) is 3.61. The molecule has 4 aromatic carbocycles. The van der Waals surface area contributed by atoms with Gasteiger partial charge in [0.15, 0.2) is 0 Å². The van der Waals surface area contributed by atoms with Gasteiger partial charge in [-0.3, -0.25) is 0 Å². The van der Waals surface area contributed by atoms with E-state index in [2.05, 4.69) is 71.1 Å². The minimum absolute atomic E-state index is 0.250. The van der Waals surface area contributed by atoms with Crippen LogP contribution in [0.4, 0.5) is 0 Å². The Kier molecular flexibility index (Phi) is 8.56. The molecule has 0 amide bonds. The Morgan fingerprint density at radius 1 is 0.829 bits per heavy atom. The van der Waals surface area contributed by atoms with Crippen LogP contribution in [-0.4, -0.2) is 25.7 Å². The van der Waals surface area contributed by atoms with Gasteiger partial charge in [0.2, 0.25) is 0 Å². The molecule has 0 aliphatic rings. The second-order valence-electron chi connectivity index (χ2n) is 9.11. The van der Waals surface area contributed by atoms with Crippen LogP contribution in [0.5, 0.6) is 0 Å². The normalized spacial score (nSPS) is 10.9. The number of aromatic amines is 1. The molecule has 0 saturated heterocycles. The van der Waals surface area contributed by atoms with Crippen LogP contribution >= 0.6 is 23.2 Å². The fourth-order valence-corrected chi connectivity index (χ4v) is 5.02. The van der Waals surface area contributed by atoms with Crippen LogP contribution in [0, 0.1) is 0 Å². The van der Waals surface area contributed by atoms with E-state index in [0.29, 0.717) is 10.0 Å². The maximum absolute atomic E-state index is 8.12. The van der Waals surface area contributed by atoms with Gasteiger partial charge in [0.05, 0.1) is 21.7 Å². The van der Waals surface area contributed by atoms with Crippen molar-refractivity contribution in [3.63, 3.8) is 0 Å². The highest BCUT2D eigenvalue weighted by Gasteiger charge is 2.11. The zero-order valence-corrected chi connectivity index (χ0v) is 23.5. The molecule has 2 heterocycles. The summed E-state index contributed by atoms with van der Waals surface area (Å²) < 4.78 is 2.11. The summed E-state index contributed by atoms with van der Waals surface area (Å²) in [6, 6.07) is 30.6. The number of benzene rings is 4. The van der Waals surface area contributed by atoms with Crippen molar-refractivity contribution in [3.8, 4) is 33.8 Å². The quantitative estimate of drug-likeness (QED) is 0.214. The number of nitrogens with zero attached hydrogens (tertiary/aromatic N) is 3. The molecule has 6 aromatic rings. The standard InChI is InChI=1S/C32H24Cl2N4.CO2/c1-2-38-20-30(26-17-16-25(33)19-27(26)34)35-31(38)18-9-21-7-10-22(11-8-21)23-12-14-24(15-13-23)32-36-28-5-3-4-6-29(28)37-32;2-1-3/h3-20H,2H2,1H3,(H,36,37);/b18-9+;. The van der Waals surface area contributed by atoms with Gasteiger partial charge in [-0.1, -0.05) is 89.9 Å². The minimum atomic E-state index is 0.250. The number of hydrogen-bond donors (Lipinski definition) is 1. The van der Waals surface area contributed by atoms with Gasteiger partial charge in [0.25, 0.3) is 0 Å². The summed E-state index contributed by atoms with van der Waals surface area (Å²) in [5.41, 5.74) is 8.20. The summed E-state index contributed by atoms with van der Waals surface area (Å²) in [4.78, 5) is 29.2. The highest BCUT2D eigenvalue weighted by Crippen LogP contribution is 2.30. The van der Waals surface area contributed by atoms with E-state index in [1.807, 2.05) is 48.7 Å². The SMILES string of the molecule is CCn1cc(-c2ccc(Cl)cc2Cl)nc1/C=C/c1ccc(-c2ccc(-c3nc4ccccc4[nH]3)cc2)cc1.O=C=O. The first-order chi connectivity index (χ1) is 20.0. The first-order valence-electron chi connectivity index (χ1n) is 12.8. The second kappa shape index (κ2) is 12.6. The van der Waals surface area contributed by atoms with Gasteiger partial charge in [-0.05, 0) is 60.0 Å². The number of H-pyrrole nitrogens is 1. The average molecular weight is 579 g/mol. The second-order valence-corrected chi connectivity index (χ2v) is 9.96. The van der Waals surface area contributed by atoms with Crippen molar-refractivity contribution >= 4 is 52.5 Å². The molecule has 2 aromatic heterocycles. The molecule has 0 fully saturated rings. The third-order valence-corrected chi connectivity index (χ3v) is 7.12. The van der Waals surface area contributed by atoms with Crippen molar-refractivity contribution in [1.82, 2.24) is 19.5 Å². The molecular formula is C33H24Cl2N4O2. The third kappa shape index (κ3) is 6.37. The summed E-state index contributed by atoms with van der Waals surface area (Å²) in [7, 11) is 0. The summed E-state index contributed by atoms with van der Waals surface area (Å²) in [5.74, 6) is 1.75. The summed E-state index contributed by atoms with van der Waals surface area (Å²) >= 11 is 12.5. The number of nitrogens with one attached hydrogen (secondary N) is 1. The summed E-state index contributed by atoms with van der Waals surface area (Å²) in [6.07, 6.45) is 6.39. The van der Waals surface area contributed by atoms with Gasteiger partial charge in [0, 0.05) is 28.9 Å². The van der Waals surface area contributed by atoms with Crippen LogP contribution in [0.2, 0.25) is 10.0 Å². The maximum Gasteiger partial charge on any atom is 0.373 e. The molecule has 41 heavy (non-hydrogen) atoms. The summed E-state index contributed by atoms with van der Waals surface area (Å²) in [5, 5.41) is 1.20. The number of carbonyl (C=O) groups excluding carboxylic acids is 2. The van der Waals surface area contributed by atoms with E-state index >= 15 is 0 Å². The Balaban J connectivity index is 0.00000108. The van der Waals surface area contributed by atoms with Crippen LogP contribution in [0.25, 0.3) is 57.0 Å². The van der Waals surface area contributed by atoms with Crippen molar-refractivity contribution in [2.45, 2.75) is 13.5 Å². The van der Waals surface area contributed by atoms with E-state index in [9.17, 15) is 0 Å². The van der Waals surface area contributed by atoms with Crippen LogP contribution in [0.1, 0.15) is 18.3 Å². The minimum Gasteiger partial charge on any atom is -0.338 e. The van der Waals surface area contributed by atoms with Crippen LogP contribution in [0.15, 0.2) is 97.2 Å². The molecule has 202 valence electrons. The highest BCUT2D eigenvalue weighted by molar-refractivity contribution is 6.36. The van der Waals surface area contributed by atoms with Crippen molar-refractivity contribution < 1.29 is 9.59 Å². The molecule has 1 N–H and O–H groups in total. The van der Waals surface area contributed by atoms with Crippen LogP contribution in [-0.2, 0) is 16.1 Å². The largest absolute Gasteiger partial charge is 0.373 e. The lowest BCUT2D eigenvalue weighted by molar-refractivity contribution is -0.191. The van der Waals surface area contributed by atoms with Crippen LogP contribution < -0.4 is 0 Å². The first kappa shape index (κ1) is 27.8. The van der Waals surface area contributed by atoms with E-state index in [1.165, 1.54) is 0 Å². The van der Waals surface area contributed by atoms with Gasteiger partial charge in [-0.2, -0.15) is 9.59 Å². The molecule has 6 nitrogen and oxygen atoms in total. The zero-order chi connectivity index (χ0) is 28.8. The molecule has 0 spiro atoms. The highest BCUT2D eigenvalue weighted by atomic mass is 35.5. The van der Waals surface area contributed by atoms with E-state index in [4.69, 9.17) is 42.8 Å². The lowest BCUT2D eigenvalue weighted by atomic mass is 10.0. The number of aryl methyl sites for hydroxylation is 1. The Bertz CT molecular complexity index is 1830. The molecule has 6 rings (SSSR count). The Morgan fingerprint density at radius 3 is 2.15 bits per heavy atom. The number of imidazole rings is 2. The van der Waals surface area contributed by atoms with E-state index in [-0.39, 0.29) is 6.15 Å². The van der Waals surface area contributed by atoms with Crippen molar-refractivity contribution in [2.24, 2.45) is 0 Å². The van der Waals surface area contributed by atoms with Crippen molar-refractivity contribution in [2.75, 3.05) is 0 Å². The van der Waals surface area contributed by atoms with Gasteiger partial charge >= 0.3 is 6.15 Å². The molecule has 0 bridgehead atoms. The van der Waals surface area contributed by atoms with Crippen molar-refractivity contribution in [3.05, 3.63) is 119 Å². The number of rotatable bonds is 6. The predicted octanol–water partition coefficient (Wildman–Crippen LogP) is 8.67. The number of aromatic nitrogens is 4. The molecule has 0 aliphatic heterocycles. The smallest absolute Gasteiger partial charge is 0.338 e. The Hall–Kier alpha value is -4.74. The monoisotopic (exact) mass is 578 g/mol. The van der Waals surface area contributed by atoms with E-state index < -0.39 is 0 Å². The van der Waals surface area contributed by atoms with Gasteiger partial charge in [0.1, 0.15) is 11.6 Å². The molecular weight excluding hydrogens is 555 g/mol. The van der Waals surface area contributed by atoms with Gasteiger partial charge in [-0.25, -0.2) is 9.97 Å². The fraction of sp³-hybridized carbons (Fsp3) is 0.0606. The molecule has 0 unspecified atom stereocenters. The number of halogens is 2. The van der Waals surface area contributed by atoms with Crippen molar-refractivity contribution in [1.29, 1.82) is 0 Å². The number of fused-ring (bicyclic) bond motifs is 1. The fourth-order valence-electron chi connectivity index (χ4n) is 4.51. The number of hydrogen-bond acceptors (Lipinski definition) is 4. The Labute approximate surface area is 246 Å². The molecule has 0 aliphatic carbocycles. The van der Waals surface area contributed by atoms with Gasteiger partial charge < -0.3 is 9.55 Å². The lowest BCUT2D eigenvalue weighted by Crippen LogP contribution is -1.94. The Morgan fingerprint density at radius 2 is 1.49 bits per heavy atom. The molecule has 0 saturated carbocycles. The van der Waals surface area contributed by atoms with Crippen LogP contribution in [0.3, 0.4) is 0 Å². The predicted molar refractivity (Wildman–Crippen MR) is 164 cm³/mol. The third-order valence-electron chi connectivity index (χ3n) is 6.57. The van der Waals surface area contributed by atoms with E-state index in [0.717, 1.165) is 62.7 Å². The number of para-hydroxylation sites is 2. The maximum atomic E-state index is 8.12.